The highest BCUT2D eigenvalue weighted by atomic mass is 32.2. The molecule has 0 aliphatic carbocycles. The molecular formula is C14H18N4OS. The van der Waals surface area contributed by atoms with Crippen LogP contribution in [0.1, 0.15) is 31.2 Å². The third kappa shape index (κ3) is 4.09. The van der Waals surface area contributed by atoms with E-state index in [1.54, 1.807) is 0 Å². The lowest BCUT2D eigenvalue weighted by Gasteiger charge is -2.09. The summed E-state index contributed by atoms with van der Waals surface area (Å²) in [6.45, 7) is 6.08. The Labute approximate surface area is 122 Å². The molecule has 1 aromatic heterocycles. The second-order valence-electron chi connectivity index (χ2n) is 4.82. The molecule has 1 aromatic carbocycles. The summed E-state index contributed by atoms with van der Waals surface area (Å²) in [6.07, 6.45) is 0. The summed E-state index contributed by atoms with van der Waals surface area (Å²) < 4.78 is 0. The Morgan fingerprint density at radius 1 is 1.45 bits per heavy atom. The van der Waals surface area contributed by atoms with E-state index in [1.165, 1.54) is 17.3 Å². The first-order valence-corrected chi connectivity index (χ1v) is 7.45. The zero-order valence-corrected chi connectivity index (χ0v) is 12.6. The Bertz CT molecular complexity index is 594. The monoisotopic (exact) mass is 290 g/mol. The quantitative estimate of drug-likeness (QED) is 0.831. The zero-order valence-electron chi connectivity index (χ0n) is 11.8. The van der Waals surface area contributed by atoms with Crippen molar-refractivity contribution in [2.24, 2.45) is 0 Å². The van der Waals surface area contributed by atoms with Gasteiger partial charge < -0.3 is 5.32 Å². The minimum Gasteiger partial charge on any atom is -0.325 e. The molecule has 2 N–H and O–H groups in total. The molecule has 106 valence electrons. The standard InChI is InChI=1S/C14H18N4OS/c1-9(2)11-5-4-6-12(7-11)16-13(19)8-20-14-15-10(3)17-18-14/h4-7,9H,8H2,1-3H3,(H,16,19)(H,15,17,18). The van der Waals surface area contributed by atoms with Gasteiger partial charge in [-0.2, -0.15) is 0 Å². The molecule has 0 fully saturated rings. The van der Waals surface area contributed by atoms with Crippen molar-refractivity contribution in [1.29, 1.82) is 0 Å². The van der Waals surface area contributed by atoms with Crippen LogP contribution in [0.15, 0.2) is 29.4 Å². The number of H-pyrrole nitrogens is 1. The van der Waals surface area contributed by atoms with E-state index in [0.717, 1.165) is 11.5 Å². The SMILES string of the molecule is Cc1nc(SCC(=O)Nc2cccc(C(C)C)c2)n[nH]1. The number of rotatable bonds is 5. The van der Waals surface area contributed by atoms with E-state index in [0.29, 0.717) is 16.8 Å². The summed E-state index contributed by atoms with van der Waals surface area (Å²) in [5.41, 5.74) is 2.04. The van der Waals surface area contributed by atoms with Gasteiger partial charge in [-0.1, -0.05) is 37.7 Å². The van der Waals surface area contributed by atoms with Crippen LogP contribution in [0.3, 0.4) is 0 Å². The van der Waals surface area contributed by atoms with Crippen LogP contribution >= 0.6 is 11.8 Å². The van der Waals surface area contributed by atoms with Crippen LogP contribution in [0.25, 0.3) is 0 Å². The van der Waals surface area contributed by atoms with Crippen LogP contribution in [0.5, 0.6) is 0 Å². The Hall–Kier alpha value is -1.82. The van der Waals surface area contributed by atoms with Crippen LogP contribution in [-0.2, 0) is 4.79 Å². The van der Waals surface area contributed by atoms with Crippen LogP contribution in [0.4, 0.5) is 5.69 Å². The second-order valence-corrected chi connectivity index (χ2v) is 5.76. The lowest BCUT2D eigenvalue weighted by Crippen LogP contribution is -2.14. The number of aromatic nitrogens is 3. The minimum absolute atomic E-state index is 0.0571. The van der Waals surface area contributed by atoms with Gasteiger partial charge in [-0.25, -0.2) is 4.98 Å². The van der Waals surface area contributed by atoms with Gasteiger partial charge in [0.15, 0.2) is 0 Å². The van der Waals surface area contributed by atoms with Gasteiger partial charge in [0.1, 0.15) is 5.82 Å². The highest BCUT2D eigenvalue weighted by molar-refractivity contribution is 7.99. The first-order chi connectivity index (χ1) is 9.54. The molecule has 2 aromatic rings. The molecule has 2 rings (SSSR count). The number of thioether (sulfide) groups is 1. The highest BCUT2D eigenvalue weighted by Crippen LogP contribution is 2.19. The van der Waals surface area contributed by atoms with Gasteiger partial charge in [0.2, 0.25) is 11.1 Å². The lowest BCUT2D eigenvalue weighted by atomic mass is 10.0. The van der Waals surface area contributed by atoms with Crippen molar-refractivity contribution >= 4 is 23.4 Å². The molecule has 0 aliphatic rings. The van der Waals surface area contributed by atoms with Crippen molar-refractivity contribution in [1.82, 2.24) is 15.2 Å². The van der Waals surface area contributed by atoms with Gasteiger partial charge in [0.25, 0.3) is 0 Å². The number of aromatic amines is 1. The van der Waals surface area contributed by atoms with Crippen molar-refractivity contribution < 1.29 is 4.79 Å². The highest BCUT2D eigenvalue weighted by Gasteiger charge is 2.07. The average molecular weight is 290 g/mol. The maximum absolute atomic E-state index is 11.9. The Morgan fingerprint density at radius 3 is 2.90 bits per heavy atom. The molecule has 0 radical (unpaired) electrons. The fourth-order valence-corrected chi connectivity index (χ4v) is 2.33. The van der Waals surface area contributed by atoms with E-state index in [1.807, 2.05) is 25.1 Å². The Morgan fingerprint density at radius 2 is 2.25 bits per heavy atom. The van der Waals surface area contributed by atoms with E-state index in [2.05, 4.69) is 40.4 Å². The van der Waals surface area contributed by atoms with Gasteiger partial charge in [-0.3, -0.25) is 9.89 Å². The van der Waals surface area contributed by atoms with E-state index >= 15 is 0 Å². The average Bonchev–Trinajstić information content (AvgIpc) is 2.82. The molecule has 0 aliphatic heterocycles. The van der Waals surface area contributed by atoms with Gasteiger partial charge in [0, 0.05) is 5.69 Å². The molecule has 0 atom stereocenters. The third-order valence-corrected chi connectivity index (χ3v) is 3.59. The zero-order chi connectivity index (χ0) is 14.5. The molecule has 0 bridgehead atoms. The summed E-state index contributed by atoms with van der Waals surface area (Å²) >= 11 is 1.31. The van der Waals surface area contributed by atoms with Crippen LogP contribution in [0.2, 0.25) is 0 Å². The van der Waals surface area contributed by atoms with Crippen LogP contribution in [0, 0.1) is 6.92 Å². The Balaban J connectivity index is 1.89. The predicted molar refractivity (Wildman–Crippen MR) is 81.0 cm³/mol. The summed E-state index contributed by atoms with van der Waals surface area (Å²) in [4.78, 5) is 16.0. The largest absolute Gasteiger partial charge is 0.325 e. The van der Waals surface area contributed by atoms with Crippen molar-refractivity contribution in [2.75, 3.05) is 11.1 Å². The number of carbonyl (C=O) groups is 1. The first kappa shape index (κ1) is 14.6. The van der Waals surface area contributed by atoms with Gasteiger partial charge in [-0.15, -0.1) is 5.10 Å². The molecule has 0 saturated heterocycles. The number of nitrogens with one attached hydrogen (secondary N) is 2. The summed E-state index contributed by atoms with van der Waals surface area (Å²) in [5, 5.41) is 10.2. The molecule has 6 heteroatoms. The topological polar surface area (TPSA) is 70.7 Å². The molecule has 0 unspecified atom stereocenters. The maximum atomic E-state index is 11.9. The number of amides is 1. The minimum atomic E-state index is -0.0571. The molecule has 1 heterocycles. The number of aryl methyl sites for hydroxylation is 1. The summed E-state index contributed by atoms with van der Waals surface area (Å²) in [6, 6.07) is 7.91. The first-order valence-electron chi connectivity index (χ1n) is 6.46. The lowest BCUT2D eigenvalue weighted by molar-refractivity contribution is -0.113. The van der Waals surface area contributed by atoms with Crippen molar-refractivity contribution in [3.63, 3.8) is 0 Å². The fraction of sp³-hybridized carbons (Fsp3) is 0.357. The third-order valence-electron chi connectivity index (χ3n) is 2.75. The molecule has 20 heavy (non-hydrogen) atoms. The summed E-state index contributed by atoms with van der Waals surface area (Å²) in [7, 11) is 0. The molecule has 1 amide bonds. The van der Waals surface area contributed by atoms with Gasteiger partial charge >= 0.3 is 0 Å². The van der Waals surface area contributed by atoms with E-state index in [9.17, 15) is 4.79 Å². The fourth-order valence-electron chi connectivity index (χ4n) is 1.69. The molecule has 0 spiro atoms. The van der Waals surface area contributed by atoms with Crippen LogP contribution in [-0.4, -0.2) is 26.8 Å². The maximum Gasteiger partial charge on any atom is 0.234 e. The van der Waals surface area contributed by atoms with E-state index in [-0.39, 0.29) is 5.91 Å². The van der Waals surface area contributed by atoms with Crippen LogP contribution < -0.4 is 5.32 Å². The number of benzene rings is 1. The van der Waals surface area contributed by atoms with Gasteiger partial charge in [-0.05, 0) is 30.5 Å². The molecule has 5 nitrogen and oxygen atoms in total. The van der Waals surface area contributed by atoms with Gasteiger partial charge in [0.05, 0.1) is 5.75 Å². The predicted octanol–water partition coefficient (Wildman–Crippen LogP) is 2.97. The summed E-state index contributed by atoms with van der Waals surface area (Å²) in [5.74, 6) is 1.43. The molecule has 0 saturated carbocycles. The number of hydrogen-bond donors (Lipinski definition) is 2. The second kappa shape index (κ2) is 6.56. The van der Waals surface area contributed by atoms with E-state index in [4.69, 9.17) is 0 Å². The smallest absolute Gasteiger partial charge is 0.234 e. The molecular weight excluding hydrogens is 272 g/mol. The number of hydrogen-bond acceptors (Lipinski definition) is 4. The van der Waals surface area contributed by atoms with Crippen molar-refractivity contribution in [3.8, 4) is 0 Å². The van der Waals surface area contributed by atoms with Crippen molar-refractivity contribution in [2.45, 2.75) is 31.8 Å². The normalized spacial score (nSPS) is 10.8. The number of anilines is 1. The Kier molecular flexibility index (Phi) is 4.79. The van der Waals surface area contributed by atoms with E-state index < -0.39 is 0 Å². The van der Waals surface area contributed by atoms with Crippen molar-refractivity contribution in [3.05, 3.63) is 35.7 Å². The number of nitrogens with zero attached hydrogens (tertiary/aromatic N) is 2. The number of carbonyl (C=O) groups excluding carboxylic acids is 1.